The second-order valence-electron chi connectivity index (χ2n) is 4.06. The summed E-state index contributed by atoms with van der Waals surface area (Å²) in [6.07, 6.45) is 1.11. The average molecular weight is 303 g/mol. The molecule has 0 radical (unpaired) electrons. The molecule has 1 aromatic heterocycles. The predicted molar refractivity (Wildman–Crippen MR) is 70.0 cm³/mol. The van der Waals surface area contributed by atoms with E-state index in [2.05, 4.69) is 21.2 Å². The van der Waals surface area contributed by atoms with Crippen molar-refractivity contribution in [3.05, 3.63) is 20.8 Å². The third-order valence-electron chi connectivity index (χ3n) is 2.88. The lowest BCUT2D eigenvalue weighted by Gasteiger charge is -2.15. The number of thiophene rings is 1. The number of halogens is 1. The summed E-state index contributed by atoms with van der Waals surface area (Å²) in [5.74, 6) is 0.771. The van der Waals surface area contributed by atoms with Gasteiger partial charge in [-0.2, -0.15) is 0 Å². The van der Waals surface area contributed by atoms with Crippen LogP contribution in [-0.2, 0) is 0 Å². The van der Waals surface area contributed by atoms with Crippen LogP contribution in [0.5, 0.6) is 0 Å². The zero-order chi connectivity index (χ0) is 11.5. The molecule has 1 aliphatic heterocycles. The fourth-order valence-electron chi connectivity index (χ4n) is 2.06. The van der Waals surface area contributed by atoms with Crippen molar-refractivity contribution in [2.75, 3.05) is 26.7 Å². The number of carbonyl (C=O) groups is 1. The van der Waals surface area contributed by atoms with Crippen molar-refractivity contribution < 1.29 is 4.79 Å². The summed E-state index contributed by atoms with van der Waals surface area (Å²) in [7, 11) is 1.96. The zero-order valence-electron chi connectivity index (χ0n) is 9.20. The third-order valence-corrected chi connectivity index (χ3v) is 4.70. The molecule has 1 atom stereocenters. The van der Waals surface area contributed by atoms with Crippen LogP contribution in [0.3, 0.4) is 0 Å². The Balaban J connectivity index is 2.00. The average Bonchev–Trinajstić information content (AvgIpc) is 2.87. The van der Waals surface area contributed by atoms with Crippen LogP contribution in [0.15, 0.2) is 15.9 Å². The molecular formula is C11H15BrN2OS. The van der Waals surface area contributed by atoms with Crippen molar-refractivity contribution in [1.82, 2.24) is 10.2 Å². The van der Waals surface area contributed by atoms with Crippen molar-refractivity contribution in [2.24, 2.45) is 5.92 Å². The van der Waals surface area contributed by atoms with Gasteiger partial charge in [0.15, 0.2) is 0 Å². The molecule has 0 aliphatic carbocycles. The van der Waals surface area contributed by atoms with Gasteiger partial charge in [-0.3, -0.25) is 4.79 Å². The molecule has 16 heavy (non-hydrogen) atoms. The molecule has 2 rings (SSSR count). The lowest BCUT2D eigenvalue weighted by Crippen LogP contribution is -2.29. The summed E-state index contributed by atoms with van der Waals surface area (Å²) in [6.45, 7) is 2.76. The summed E-state index contributed by atoms with van der Waals surface area (Å²) in [5, 5.41) is 5.11. The maximum absolute atomic E-state index is 12.2. The first-order chi connectivity index (χ1) is 7.72. The van der Waals surface area contributed by atoms with Gasteiger partial charge in [0.2, 0.25) is 0 Å². The molecule has 1 unspecified atom stereocenters. The second-order valence-corrected chi connectivity index (χ2v) is 5.83. The van der Waals surface area contributed by atoms with Gasteiger partial charge in [0, 0.05) is 17.6 Å². The molecule has 1 N–H and O–H groups in total. The minimum absolute atomic E-state index is 0.167. The van der Waals surface area contributed by atoms with Gasteiger partial charge in [0.05, 0.1) is 0 Å². The van der Waals surface area contributed by atoms with Crippen molar-refractivity contribution in [3.8, 4) is 0 Å². The topological polar surface area (TPSA) is 32.3 Å². The molecule has 1 saturated heterocycles. The van der Waals surface area contributed by atoms with Crippen LogP contribution < -0.4 is 5.32 Å². The zero-order valence-corrected chi connectivity index (χ0v) is 11.6. The Bertz CT molecular complexity index is 380. The molecule has 3 nitrogen and oxygen atoms in total. The second kappa shape index (κ2) is 5.29. The maximum atomic E-state index is 12.2. The van der Waals surface area contributed by atoms with E-state index >= 15 is 0 Å². The van der Waals surface area contributed by atoms with E-state index < -0.39 is 0 Å². The quantitative estimate of drug-likeness (QED) is 0.928. The number of amides is 1. The number of likely N-dealkylation sites (tertiary alicyclic amines) is 1. The largest absolute Gasteiger partial charge is 0.338 e. The summed E-state index contributed by atoms with van der Waals surface area (Å²) in [4.78, 5) is 14.9. The van der Waals surface area contributed by atoms with E-state index in [0.29, 0.717) is 5.92 Å². The number of carbonyl (C=O) groups excluding carboxylic acids is 1. The molecular weight excluding hydrogens is 288 g/mol. The SMILES string of the molecule is CNCC1CCN(C(=O)c2sccc2Br)C1. The molecule has 1 amide bonds. The van der Waals surface area contributed by atoms with E-state index in [1.807, 2.05) is 23.4 Å². The Morgan fingerprint density at radius 2 is 2.56 bits per heavy atom. The number of rotatable bonds is 3. The molecule has 1 aliphatic rings. The molecule has 0 bridgehead atoms. The van der Waals surface area contributed by atoms with E-state index in [4.69, 9.17) is 0 Å². The number of hydrogen-bond donors (Lipinski definition) is 1. The van der Waals surface area contributed by atoms with Gasteiger partial charge in [-0.25, -0.2) is 0 Å². The van der Waals surface area contributed by atoms with E-state index in [0.717, 1.165) is 35.4 Å². The van der Waals surface area contributed by atoms with Gasteiger partial charge in [0.25, 0.3) is 5.91 Å². The molecule has 88 valence electrons. The Morgan fingerprint density at radius 3 is 3.19 bits per heavy atom. The summed E-state index contributed by atoms with van der Waals surface area (Å²) >= 11 is 4.92. The summed E-state index contributed by atoms with van der Waals surface area (Å²) in [6, 6.07) is 1.93. The van der Waals surface area contributed by atoms with Crippen LogP contribution in [0, 0.1) is 5.92 Å². The van der Waals surface area contributed by atoms with Gasteiger partial charge in [-0.1, -0.05) is 0 Å². The van der Waals surface area contributed by atoms with Gasteiger partial charge in [0.1, 0.15) is 4.88 Å². The lowest BCUT2D eigenvalue weighted by molar-refractivity contribution is 0.0791. The molecule has 1 aromatic rings. The van der Waals surface area contributed by atoms with E-state index in [1.54, 1.807) is 0 Å². The smallest absolute Gasteiger partial charge is 0.265 e. The first-order valence-electron chi connectivity index (χ1n) is 5.39. The molecule has 1 fully saturated rings. The van der Waals surface area contributed by atoms with E-state index in [9.17, 15) is 4.79 Å². The van der Waals surface area contributed by atoms with Crippen LogP contribution in [0.25, 0.3) is 0 Å². The molecule has 0 aromatic carbocycles. The molecule has 0 saturated carbocycles. The highest BCUT2D eigenvalue weighted by Crippen LogP contribution is 2.26. The molecule has 5 heteroatoms. The van der Waals surface area contributed by atoms with Gasteiger partial charge < -0.3 is 10.2 Å². The van der Waals surface area contributed by atoms with Crippen LogP contribution >= 0.6 is 27.3 Å². The minimum atomic E-state index is 0.167. The van der Waals surface area contributed by atoms with Crippen LogP contribution in [0.2, 0.25) is 0 Å². The standard InChI is InChI=1S/C11H15BrN2OS/c1-13-6-8-2-4-14(7-8)11(15)10-9(12)3-5-16-10/h3,5,8,13H,2,4,6-7H2,1H3. The minimum Gasteiger partial charge on any atom is -0.338 e. The fourth-order valence-corrected chi connectivity index (χ4v) is 3.57. The van der Waals surface area contributed by atoms with Crippen molar-refractivity contribution in [1.29, 1.82) is 0 Å². The van der Waals surface area contributed by atoms with Crippen molar-refractivity contribution in [2.45, 2.75) is 6.42 Å². The normalized spacial score (nSPS) is 20.4. The summed E-state index contributed by atoms with van der Waals surface area (Å²) in [5.41, 5.74) is 0. The number of nitrogens with one attached hydrogen (secondary N) is 1. The highest BCUT2D eigenvalue weighted by atomic mass is 79.9. The highest BCUT2D eigenvalue weighted by molar-refractivity contribution is 9.10. The Hall–Kier alpha value is -0.390. The monoisotopic (exact) mass is 302 g/mol. The van der Waals surface area contributed by atoms with E-state index in [-0.39, 0.29) is 5.91 Å². The number of nitrogens with zero attached hydrogens (tertiary/aromatic N) is 1. The maximum Gasteiger partial charge on any atom is 0.265 e. The predicted octanol–water partition coefficient (Wildman–Crippen LogP) is 2.19. The van der Waals surface area contributed by atoms with Gasteiger partial charge in [-0.15, -0.1) is 11.3 Å². The van der Waals surface area contributed by atoms with E-state index in [1.165, 1.54) is 11.3 Å². The first kappa shape index (κ1) is 12.1. The van der Waals surface area contributed by atoms with Crippen molar-refractivity contribution >= 4 is 33.2 Å². The summed E-state index contributed by atoms with van der Waals surface area (Å²) < 4.78 is 0.916. The van der Waals surface area contributed by atoms with Crippen LogP contribution in [-0.4, -0.2) is 37.5 Å². The highest BCUT2D eigenvalue weighted by Gasteiger charge is 2.27. The van der Waals surface area contributed by atoms with Gasteiger partial charge >= 0.3 is 0 Å². The van der Waals surface area contributed by atoms with Crippen molar-refractivity contribution in [3.63, 3.8) is 0 Å². The Labute approximate surface area is 108 Å². The Morgan fingerprint density at radius 1 is 1.75 bits per heavy atom. The Kier molecular flexibility index (Phi) is 4.00. The first-order valence-corrected chi connectivity index (χ1v) is 7.06. The van der Waals surface area contributed by atoms with Crippen LogP contribution in [0.1, 0.15) is 16.1 Å². The number of hydrogen-bond acceptors (Lipinski definition) is 3. The fraction of sp³-hybridized carbons (Fsp3) is 0.545. The van der Waals surface area contributed by atoms with Gasteiger partial charge in [-0.05, 0) is 53.3 Å². The van der Waals surface area contributed by atoms with Crippen LogP contribution in [0.4, 0.5) is 0 Å². The third kappa shape index (κ3) is 2.47. The molecule has 0 spiro atoms. The molecule has 2 heterocycles. The lowest BCUT2D eigenvalue weighted by atomic mass is 10.1.